The molecule has 1 fully saturated rings. The molecule has 6 nitrogen and oxygen atoms in total. The molecule has 0 aliphatic carbocycles. The van der Waals surface area contributed by atoms with E-state index in [0.29, 0.717) is 5.69 Å². The Balaban J connectivity index is 1.74. The lowest BCUT2D eigenvalue weighted by molar-refractivity contribution is -0.122. The fourth-order valence-electron chi connectivity index (χ4n) is 4.50. The average Bonchev–Trinajstić information content (AvgIpc) is 2.74. The molecule has 33 heavy (non-hydrogen) atoms. The van der Waals surface area contributed by atoms with Gasteiger partial charge in [-0.05, 0) is 74.7 Å². The zero-order chi connectivity index (χ0) is 23.9. The highest BCUT2D eigenvalue weighted by atomic mass is 79.9. The van der Waals surface area contributed by atoms with Gasteiger partial charge in [0, 0.05) is 22.3 Å². The first-order valence-corrected chi connectivity index (χ1v) is 11.7. The maximum absolute atomic E-state index is 13.2. The predicted octanol–water partition coefficient (Wildman–Crippen LogP) is 5.53. The van der Waals surface area contributed by atoms with Crippen molar-refractivity contribution in [3.8, 4) is 0 Å². The number of benzene rings is 2. The third-order valence-corrected chi connectivity index (χ3v) is 6.42. The van der Waals surface area contributed by atoms with E-state index < -0.39 is 17.8 Å². The van der Waals surface area contributed by atoms with Gasteiger partial charge in [0.05, 0.1) is 11.2 Å². The van der Waals surface area contributed by atoms with E-state index in [1.807, 2.05) is 18.2 Å². The maximum atomic E-state index is 13.2. The number of rotatable bonds is 4. The molecule has 2 aliphatic rings. The van der Waals surface area contributed by atoms with Gasteiger partial charge < -0.3 is 4.90 Å². The number of anilines is 2. The summed E-state index contributed by atoms with van der Waals surface area (Å²) in [4.78, 5) is 41.5. The second-order valence-electron chi connectivity index (χ2n) is 8.85. The number of fused-ring (bicyclic) bond motifs is 1. The largest absolute Gasteiger partial charge is 0.362 e. The number of nitrogens with one attached hydrogen (secondary N) is 1. The number of carbonyl (C=O) groups excluding carboxylic acids is 3. The number of barbiturate groups is 1. The minimum absolute atomic E-state index is 0.0855. The van der Waals surface area contributed by atoms with Crippen LogP contribution in [0.4, 0.5) is 16.2 Å². The lowest BCUT2D eigenvalue weighted by atomic mass is 9.87. The van der Waals surface area contributed by atoms with Gasteiger partial charge in [-0.25, -0.2) is 9.69 Å². The summed E-state index contributed by atoms with van der Waals surface area (Å²) in [5.74, 6) is -1.35. The zero-order valence-electron chi connectivity index (χ0n) is 19.1. The van der Waals surface area contributed by atoms with Gasteiger partial charge in [0.25, 0.3) is 11.8 Å². The Kier molecular flexibility index (Phi) is 6.01. The highest BCUT2D eigenvalue weighted by Gasteiger charge is 2.37. The molecule has 1 saturated heterocycles. The van der Waals surface area contributed by atoms with Crippen molar-refractivity contribution in [1.29, 1.82) is 0 Å². The van der Waals surface area contributed by atoms with Crippen LogP contribution in [0.5, 0.6) is 0 Å². The van der Waals surface area contributed by atoms with E-state index in [2.05, 4.69) is 59.9 Å². The highest BCUT2D eigenvalue weighted by Crippen LogP contribution is 2.39. The molecule has 0 atom stereocenters. The van der Waals surface area contributed by atoms with Gasteiger partial charge in [-0.3, -0.25) is 14.9 Å². The van der Waals surface area contributed by atoms with Gasteiger partial charge in [-0.15, -0.1) is 0 Å². The van der Waals surface area contributed by atoms with Crippen LogP contribution in [0.15, 0.2) is 58.6 Å². The Morgan fingerprint density at radius 2 is 1.85 bits per heavy atom. The van der Waals surface area contributed by atoms with Crippen LogP contribution in [0.1, 0.15) is 45.2 Å². The number of carbonyl (C=O) groups is 3. The third-order valence-electron chi connectivity index (χ3n) is 5.93. The minimum atomic E-state index is -0.762. The maximum Gasteiger partial charge on any atom is 0.335 e. The molecule has 0 unspecified atom stereocenters. The minimum Gasteiger partial charge on any atom is -0.362 e. The quantitative estimate of drug-likeness (QED) is 0.436. The molecule has 2 heterocycles. The van der Waals surface area contributed by atoms with Crippen molar-refractivity contribution in [3.05, 3.63) is 69.7 Å². The lowest BCUT2D eigenvalue weighted by Crippen LogP contribution is -2.54. The highest BCUT2D eigenvalue weighted by molar-refractivity contribution is 9.10. The van der Waals surface area contributed by atoms with Crippen LogP contribution in [0.2, 0.25) is 0 Å². The van der Waals surface area contributed by atoms with Gasteiger partial charge in [0.1, 0.15) is 5.57 Å². The average molecular weight is 508 g/mol. The Hall–Kier alpha value is -3.19. The van der Waals surface area contributed by atoms with Crippen molar-refractivity contribution in [2.75, 3.05) is 16.3 Å². The van der Waals surface area contributed by atoms with Gasteiger partial charge in [0.2, 0.25) is 0 Å². The number of nitrogens with zero attached hydrogens (tertiary/aromatic N) is 2. The second kappa shape index (κ2) is 8.63. The van der Waals surface area contributed by atoms with E-state index in [1.54, 1.807) is 30.3 Å². The summed E-state index contributed by atoms with van der Waals surface area (Å²) >= 11 is 3.35. The van der Waals surface area contributed by atoms with E-state index in [-0.39, 0.29) is 11.1 Å². The van der Waals surface area contributed by atoms with Crippen LogP contribution in [0, 0.1) is 0 Å². The van der Waals surface area contributed by atoms with Crippen molar-refractivity contribution in [1.82, 2.24) is 5.32 Å². The van der Waals surface area contributed by atoms with Crippen LogP contribution < -0.4 is 15.1 Å². The van der Waals surface area contributed by atoms with E-state index >= 15 is 0 Å². The molecule has 170 valence electrons. The van der Waals surface area contributed by atoms with Crippen molar-refractivity contribution < 1.29 is 14.4 Å². The lowest BCUT2D eigenvalue weighted by Gasteiger charge is -2.43. The number of hydrogen-bond acceptors (Lipinski definition) is 4. The number of hydrogen-bond donors (Lipinski definition) is 1. The molecular weight excluding hydrogens is 482 g/mol. The van der Waals surface area contributed by atoms with Crippen molar-refractivity contribution in [3.63, 3.8) is 0 Å². The van der Waals surface area contributed by atoms with Gasteiger partial charge >= 0.3 is 6.03 Å². The molecule has 4 amide bonds. The molecular formula is C26H26BrN3O3. The second-order valence-corrected chi connectivity index (χ2v) is 9.76. The molecule has 0 bridgehead atoms. The molecule has 2 aliphatic heterocycles. The standard InChI is InChI=1S/C26H26BrN3O3/c1-5-11-29-22-10-9-17(12-20(22)16(2)15-26(29,3)4)13-21-23(31)28-25(33)30(24(21)32)19-8-6-7-18(27)14-19/h6-10,12-15H,5,11H2,1-4H3,(H,28,31,33)/b21-13-. The van der Waals surface area contributed by atoms with Gasteiger partial charge in [0.15, 0.2) is 0 Å². The monoisotopic (exact) mass is 507 g/mol. The summed E-state index contributed by atoms with van der Waals surface area (Å²) in [7, 11) is 0. The molecule has 2 aromatic rings. The molecule has 0 saturated carbocycles. The summed E-state index contributed by atoms with van der Waals surface area (Å²) in [6.45, 7) is 9.56. The Bertz CT molecular complexity index is 1230. The van der Waals surface area contributed by atoms with E-state index in [0.717, 1.165) is 44.7 Å². The van der Waals surface area contributed by atoms with E-state index in [1.165, 1.54) is 0 Å². The fraction of sp³-hybridized carbons (Fsp3) is 0.269. The molecule has 1 N–H and O–H groups in total. The summed E-state index contributed by atoms with van der Waals surface area (Å²) in [6, 6.07) is 12.0. The summed E-state index contributed by atoms with van der Waals surface area (Å²) in [6.07, 6.45) is 4.82. The molecule has 0 radical (unpaired) electrons. The number of urea groups is 1. The topological polar surface area (TPSA) is 69.7 Å². The summed E-state index contributed by atoms with van der Waals surface area (Å²) in [5, 5.41) is 2.28. The Labute approximate surface area is 202 Å². The Morgan fingerprint density at radius 1 is 1.09 bits per heavy atom. The van der Waals surface area contributed by atoms with Crippen LogP contribution in [-0.2, 0) is 9.59 Å². The summed E-state index contributed by atoms with van der Waals surface area (Å²) in [5.41, 5.74) is 4.27. The van der Waals surface area contributed by atoms with Gasteiger partial charge in [-0.2, -0.15) is 0 Å². The van der Waals surface area contributed by atoms with E-state index in [4.69, 9.17) is 0 Å². The number of halogens is 1. The van der Waals surface area contributed by atoms with Crippen LogP contribution in [0.25, 0.3) is 11.6 Å². The predicted molar refractivity (Wildman–Crippen MR) is 135 cm³/mol. The molecule has 0 spiro atoms. The SMILES string of the molecule is CCCN1c2ccc(/C=C3/C(=O)NC(=O)N(c4cccc(Br)c4)C3=O)cc2C(C)=CC1(C)C. The number of imide groups is 2. The van der Waals surface area contributed by atoms with Crippen LogP contribution >= 0.6 is 15.9 Å². The first-order chi connectivity index (χ1) is 15.6. The first-order valence-electron chi connectivity index (χ1n) is 10.9. The molecule has 0 aromatic heterocycles. The molecule has 2 aromatic carbocycles. The number of amides is 4. The third kappa shape index (κ3) is 4.25. The van der Waals surface area contributed by atoms with Crippen molar-refractivity contribution in [2.45, 2.75) is 39.7 Å². The first kappa shape index (κ1) is 23.0. The Morgan fingerprint density at radius 3 is 2.55 bits per heavy atom. The van der Waals surface area contributed by atoms with Crippen molar-refractivity contribution in [2.24, 2.45) is 0 Å². The van der Waals surface area contributed by atoms with Gasteiger partial charge in [-0.1, -0.05) is 41.1 Å². The van der Waals surface area contributed by atoms with Crippen LogP contribution in [-0.4, -0.2) is 29.9 Å². The smallest absolute Gasteiger partial charge is 0.335 e. The number of allylic oxidation sites excluding steroid dienone is 1. The normalized spacial score (nSPS) is 18.9. The fourth-order valence-corrected chi connectivity index (χ4v) is 4.88. The zero-order valence-corrected chi connectivity index (χ0v) is 20.7. The summed E-state index contributed by atoms with van der Waals surface area (Å²) < 4.78 is 0.722. The van der Waals surface area contributed by atoms with Crippen molar-refractivity contribution >= 4 is 56.8 Å². The molecule has 4 rings (SSSR count). The van der Waals surface area contributed by atoms with E-state index in [9.17, 15) is 14.4 Å². The molecule has 7 heteroatoms. The van der Waals surface area contributed by atoms with Crippen LogP contribution in [0.3, 0.4) is 0 Å².